The summed E-state index contributed by atoms with van der Waals surface area (Å²) in [6.45, 7) is 11.2. The van der Waals surface area contributed by atoms with Gasteiger partial charge in [-0.05, 0) is 31.2 Å². The van der Waals surface area contributed by atoms with E-state index in [-0.39, 0.29) is 0 Å². The molecule has 3 heteroatoms. The van der Waals surface area contributed by atoms with Crippen LogP contribution >= 0.6 is 0 Å². The number of rotatable bonds is 10. The highest BCUT2D eigenvalue weighted by Crippen LogP contribution is 2.29. The van der Waals surface area contributed by atoms with E-state index in [1.165, 1.54) is 38.5 Å². The second-order valence-corrected chi connectivity index (χ2v) is 6.47. The summed E-state index contributed by atoms with van der Waals surface area (Å²) in [5.41, 5.74) is 0.336. The van der Waals surface area contributed by atoms with Crippen LogP contribution in [0.5, 0.6) is 0 Å². The van der Waals surface area contributed by atoms with Gasteiger partial charge in [-0.25, -0.2) is 0 Å². The molecular weight excluding hydrogens is 236 g/mol. The third-order valence-corrected chi connectivity index (χ3v) is 4.47. The first kappa shape index (κ1) is 16.9. The molecule has 0 heterocycles. The summed E-state index contributed by atoms with van der Waals surface area (Å²) < 4.78 is 0. The molecule has 1 fully saturated rings. The number of nitrogens with zero attached hydrogens (tertiary/aromatic N) is 1. The molecule has 0 aromatic carbocycles. The first-order valence-electron chi connectivity index (χ1n) is 8.21. The molecule has 1 rings (SSSR count). The third-order valence-electron chi connectivity index (χ3n) is 4.47. The van der Waals surface area contributed by atoms with E-state index >= 15 is 0 Å². The quantitative estimate of drug-likeness (QED) is 0.640. The first-order valence-corrected chi connectivity index (χ1v) is 8.21. The molecule has 1 unspecified atom stereocenters. The minimum Gasteiger partial charge on any atom is -0.395 e. The van der Waals surface area contributed by atoms with Gasteiger partial charge in [0.15, 0.2) is 0 Å². The average molecular weight is 270 g/mol. The Balaban J connectivity index is 2.60. The summed E-state index contributed by atoms with van der Waals surface area (Å²) in [7, 11) is 0. The van der Waals surface area contributed by atoms with E-state index < -0.39 is 0 Å². The number of hydrogen-bond acceptors (Lipinski definition) is 3. The molecule has 0 saturated heterocycles. The minimum atomic E-state index is 0.292. The maximum Gasteiger partial charge on any atom is 0.0558 e. The smallest absolute Gasteiger partial charge is 0.0558 e. The van der Waals surface area contributed by atoms with E-state index in [0.717, 1.165) is 26.2 Å². The SMILES string of the molecule is CCCC(C)(CNCC)CN(CCO)C1CCCC1. The lowest BCUT2D eigenvalue weighted by atomic mass is 9.84. The summed E-state index contributed by atoms with van der Waals surface area (Å²) in [5.74, 6) is 0. The predicted molar refractivity (Wildman–Crippen MR) is 82.5 cm³/mol. The van der Waals surface area contributed by atoms with E-state index in [9.17, 15) is 5.11 Å². The van der Waals surface area contributed by atoms with Crippen molar-refractivity contribution in [3.05, 3.63) is 0 Å². The fraction of sp³-hybridized carbons (Fsp3) is 1.00. The third kappa shape index (κ3) is 5.80. The Morgan fingerprint density at radius 3 is 2.47 bits per heavy atom. The zero-order chi connectivity index (χ0) is 14.1. The lowest BCUT2D eigenvalue weighted by Gasteiger charge is -2.38. The molecule has 1 saturated carbocycles. The van der Waals surface area contributed by atoms with Gasteiger partial charge in [0, 0.05) is 25.7 Å². The molecule has 0 amide bonds. The van der Waals surface area contributed by atoms with Crippen molar-refractivity contribution in [1.82, 2.24) is 10.2 Å². The van der Waals surface area contributed by atoms with Crippen molar-refractivity contribution in [2.45, 2.75) is 65.3 Å². The topological polar surface area (TPSA) is 35.5 Å². The van der Waals surface area contributed by atoms with Crippen LogP contribution in [0.3, 0.4) is 0 Å². The number of aliphatic hydroxyl groups is 1. The van der Waals surface area contributed by atoms with Crippen molar-refractivity contribution >= 4 is 0 Å². The van der Waals surface area contributed by atoms with Gasteiger partial charge < -0.3 is 10.4 Å². The fourth-order valence-electron chi connectivity index (χ4n) is 3.53. The Kier molecular flexibility index (Phi) is 7.96. The molecule has 0 radical (unpaired) electrons. The van der Waals surface area contributed by atoms with Crippen molar-refractivity contribution in [2.24, 2.45) is 5.41 Å². The van der Waals surface area contributed by atoms with Gasteiger partial charge in [0.2, 0.25) is 0 Å². The molecular formula is C16H34N2O. The molecule has 2 N–H and O–H groups in total. The Labute approximate surface area is 119 Å². The zero-order valence-corrected chi connectivity index (χ0v) is 13.2. The lowest BCUT2D eigenvalue weighted by Crippen LogP contribution is -2.46. The fourth-order valence-corrected chi connectivity index (χ4v) is 3.53. The summed E-state index contributed by atoms with van der Waals surface area (Å²) >= 11 is 0. The second-order valence-electron chi connectivity index (χ2n) is 6.47. The van der Waals surface area contributed by atoms with Crippen LogP contribution in [0, 0.1) is 5.41 Å². The van der Waals surface area contributed by atoms with E-state index in [2.05, 4.69) is 31.0 Å². The van der Waals surface area contributed by atoms with E-state index in [1.807, 2.05) is 0 Å². The van der Waals surface area contributed by atoms with Gasteiger partial charge in [0.25, 0.3) is 0 Å². The highest BCUT2D eigenvalue weighted by Gasteiger charge is 2.30. The van der Waals surface area contributed by atoms with Gasteiger partial charge in [-0.15, -0.1) is 0 Å². The molecule has 0 aromatic heterocycles. The predicted octanol–water partition coefficient (Wildman–Crippen LogP) is 2.64. The summed E-state index contributed by atoms with van der Waals surface area (Å²) in [6.07, 6.45) is 7.87. The van der Waals surface area contributed by atoms with Crippen LogP contribution in [-0.4, -0.2) is 48.8 Å². The van der Waals surface area contributed by atoms with Gasteiger partial charge in [0.1, 0.15) is 0 Å². The molecule has 0 aromatic rings. The average Bonchev–Trinajstić information content (AvgIpc) is 2.90. The molecule has 0 aliphatic heterocycles. The summed E-state index contributed by atoms with van der Waals surface area (Å²) in [6, 6.07) is 0.713. The lowest BCUT2D eigenvalue weighted by molar-refractivity contribution is 0.0903. The Morgan fingerprint density at radius 2 is 1.95 bits per heavy atom. The normalized spacial score (nSPS) is 20.1. The van der Waals surface area contributed by atoms with Crippen LogP contribution in [-0.2, 0) is 0 Å². The van der Waals surface area contributed by atoms with Crippen LogP contribution in [0.15, 0.2) is 0 Å². The van der Waals surface area contributed by atoms with E-state index in [0.29, 0.717) is 18.1 Å². The molecule has 1 aliphatic carbocycles. The first-order chi connectivity index (χ1) is 9.15. The van der Waals surface area contributed by atoms with Crippen LogP contribution in [0.2, 0.25) is 0 Å². The van der Waals surface area contributed by atoms with Crippen molar-refractivity contribution in [2.75, 3.05) is 32.8 Å². The van der Waals surface area contributed by atoms with E-state index in [1.54, 1.807) is 0 Å². The summed E-state index contributed by atoms with van der Waals surface area (Å²) in [4.78, 5) is 2.56. The number of aliphatic hydroxyl groups excluding tert-OH is 1. The number of nitrogens with one attached hydrogen (secondary N) is 1. The minimum absolute atomic E-state index is 0.292. The molecule has 114 valence electrons. The van der Waals surface area contributed by atoms with Gasteiger partial charge in [-0.2, -0.15) is 0 Å². The molecule has 3 nitrogen and oxygen atoms in total. The van der Waals surface area contributed by atoms with Crippen LogP contribution in [0.1, 0.15) is 59.3 Å². The van der Waals surface area contributed by atoms with Gasteiger partial charge in [0.05, 0.1) is 6.61 Å². The highest BCUT2D eigenvalue weighted by atomic mass is 16.3. The Bertz CT molecular complexity index is 229. The van der Waals surface area contributed by atoms with Gasteiger partial charge >= 0.3 is 0 Å². The van der Waals surface area contributed by atoms with Crippen LogP contribution < -0.4 is 5.32 Å². The highest BCUT2D eigenvalue weighted by molar-refractivity contribution is 4.85. The maximum absolute atomic E-state index is 9.34. The summed E-state index contributed by atoms with van der Waals surface area (Å²) in [5, 5.41) is 12.9. The van der Waals surface area contributed by atoms with E-state index in [4.69, 9.17) is 0 Å². The Hall–Kier alpha value is -0.120. The largest absolute Gasteiger partial charge is 0.395 e. The number of hydrogen-bond donors (Lipinski definition) is 2. The Morgan fingerprint density at radius 1 is 1.26 bits per heavy atom. The molecule has 0 spiro atoms. The van der Waals surface area contributed by atoms with Crippen molar-refractivity contribution in [1.29, 1.82) is 0 Å². The monoisotopic (exact) mass is 270 g/mol. The molecule has 0 bridgehead atoms. The van der Waals surface area contributed by atoms with Crippen molar-refractivity contribution < 1.29 is 5.11 Å². The van der Waals surface area contributed by atoms with Gasteiger partial charge in [-0.1, -0.05) is 40.0 Å². The van der Waals surface area contributed by atoms with Crippen molar-refractivity contribution in [3.8, 4) is 0 Å². The van der Waals surface area contributed by atoms with Crippen LogP contribution in [0.4, 0.5) is 0 Å². The molecule has 19 heavy (non-hydrogen) atoms. The van der Waals surface area contributed by atoms with Crippen molar-refractivity contribution in [3.63, 3.8) is 0 Å². The maximum atomic E-state index is 9.34. The molecule has 1 aliphatic rings. The zero-order valence-electron chi connectivity index (χ0n) is 13.2. The standard InChI is InChI=1S/C16H34N2O/c1-4-10-16(3,13-17-5-2)14-18(11-12-19)15-8-6-7-9-15/h15,17,19H,4-14H2,1-3H3. The second kappa shape index (κ2) is 8.93. The molecule has 1 atom stereocenters. The van der Waals surface area contributed by atoms with Gasteiger partial charge in [-0.3, -0.25) is 4.90 Å². The van der Waals surface area contributed by atoms with Crippen LogP contribution in [0.25, 0.3) is 0 Å².